The molecule has 0 aromatic heterocycles. The number of hydrogen-bond acceptors (Lipinski definition) is 6. The summed E-state index contributed by atoms with van der Waals surface area (Å²) in [5.41, 5.74) is 0. The molecule has 6 heteroatoms. The van der Waals surface area contributed by atoms with E-state index in [1.807, 2.05) is 39.8 Å². The van der Waals surface area contributed by atoms with Crippen molar-refractivity contribution in [2.75, 3.05) is 26.4 Å². The van der Waals surface area contributed by atoms with Gasteiger partial charge < -0.3 is 29.2 Å². The Labute approximate surface area is 146 Å². The Balaban J connectivity index is 3.79. The summed E-state index contributed by atoms with van der Waals surface area (Å²) < 4.78 is 21.5. The third-order valence-electron chi connectivity index (χ3n) is 3.20. The smallest absolute Gasteiger partial charge is 0.115 e. The average molecular weight is 346 g/mol. The van der Waals surface area contributed by atoms with E-state index in [1.54, 1.807) is 12.5 Å². The van der Waals surface area contributed by atoms with Crippen LogP contribution in [-0.2, 0) is 18.9 Å². The molecule has 24 heavy (non-hydrogen) atoms. The van der Waals surface area contributed by atoms with Crippen LogP contribution in [0.15, 0.2) is 24.7 Å². The minimum absolute atomic E-state index is 0.169. The summed E-state index contributed by atoms with van der Waals surface area (Å²) in [6.07, 6.45) is 6.90. The van der Waals surface area contributed by atoms with E-state index in [0.29, 0.717) is 0 Å². The largest absolute Gasteiger partial charge is 0.499 e. The van der Waals surface area contributed by atoms with Crippen LogP contribution in [0.3, 0.4) is 0 Å². The van der Waals surface area contributed by atoms with E-state index in [1.165, 1.54) is 0 Å². The summed E-state index contributed by atoms with van der Waals surface area (Å²) >= 11 is 0. The van der Waals surface area contributed by atoms with E-state index in [2.05, 4.69) is 0 Å². The number of rotatable bonds is 15. The Hall–Kier alpha value is -1.08. The van der Waals surface area contributed by atoms with E-state index in [0.717, 1.165) is 12.8 Å². The number of aliphatic hydroxyl groups excluding tert-OH is 2. The van der Waals surface area contributed by atoms with E-state index in [-0.39, 0.29) is 38.6 Å². The van der Waals surface area contributed by atoms with Gasteiger partial charge in [-0.2, -0.15) is 0 Å². The third-order valence-corrected chi connectivity index (χ3v) is 3.20. The highest BCUT2D eigenvalue weighted by molar-refractivity contribution is 4.72. The van der Waals surface area contributed by atoms with Crippen LogP contribution in [0, 0.1) is 0 Å². The fourth-order valence-electron chi connectivity index (χ4n) is 1.55. The van der Waals surface area contributed by atoms with Gasteiger partial charge in [0.1, 0.15) is 25.4 Å². The second kappa shape index (κ2) is 15.4. The fraction of sp³-hybridized carbons (Fsp3) is 0.778. The fourth-order valence-corrected chi connectivity index (χ4v) is 1.55. The van der Waals surface area contributed by atoms with Gasteiger partial charge in [0.25, 0.3) is 0 Å². The van der Waals surface area contributed by atoms with Crippen molar-refractivity contribution in [3.63, 3.8) is 0 Å². The molecule has 0 saturated heterocycles. The number of hydrogen-bond donors (Lipinski definition) is 2. The molecule has 0 amide bonds. The van der Waals surface area contributed by atoms with Crippen molar-refractivity contribution in [3.8, 4) is 0 Å². The molecule has 0 bridgehead atoms. The zero-order valence-corrected chi connectivity index (χ0v) is 15.4. The number of allylic oxidation sites excluding steroid dienone is 2. The summed E-state index contributed by atoms with van der Waals surface area (Å²) in [5.74, 6) is 0. The van der Waals surface area contributed by atoms with Crippen molar-refractivity contribution in [2.24, 2.45) is 0 Å². The predicted molar refractivity (Wildman–Crippen MR) is 93.6 cm³/mol. The van der Waals surface area contributed by atoms with Crippen LogP contribution < -0.4 is 0 Å². The van der Waals surface area contributed by atoms with Crippen molar-refractivity contribution in [1.82, 2.24) is 0 Å². The maximum absolute atomic E-state index is 9.75. The summed E-state index contributed by atoms with van der Waals surface area (Å²) in [6, 6.07) is 0. The summed E-state index contributed by atoms with van der Waals surface area (Å²) in [5, 5.41) is 19.5. The molecule has 0 radical (unpaired) electrons. The Morgan fingerprint density at radius 2 is 1.08 bits per heavy atom. The monoisotopic (exact) mass is 346 g/mol. The standard InChI is InChI=1S/C18H34O6/c1-5-7-9-21-11-17(19)13-23-15(3)16(4)24-14-18(20)12-22-10-8-6-2/h7-10,15-20H,5-6,11-14H2,1-4H3. The Morgan fingerprint density at radius 3 is 1.42 bits per heavy atom. The molecule has 0 rings (SSSR count). The van der Waals surface area contributed by atoms with Gasteiger partial charge in [-0.25, -0.2) is 0 Å². The maximum Gasteiger partial charge on any atom is 0.115 e. The first-order valence-corrected chi connectivity index (χ1v) is 8.63. The van der Waals surface area contributed by atoms with Crippen LogP contribution in [-0.4, -0.2) is 61.1 Å². The predicted octanol–water partition coefficient (Wildman–Crippen LogP) is 2.40. The molecule has 6 nitrogen and oxygen atoms in total. The molecule has 0 aromatic carbocycles. The van der Waals surface area contributed by atoms with Crippen LogP contribution in [0.2, 0.25) is 0 Å². The van der Waals surface area contributed by atoms with Gasteiger partial charge in [-0.15, -0.1) is 0 Å². The zero-order valence-electron chi connectivity index (χ0n) is 15.4. The average Bonchev–Trinajstić information content (AvgIpc) is 2.58. The van der Waals surface area contributed by atoms with Crippen molar-refractivity contribution < 1.29 is 29.2 Å². The van der Waals surface area contributed by atoms with E-state index < -0.39 is 12.2 Å². The highest BCUT2D eigenvalue weighted by atomic mass is 16.6. The lowest BCUT2D eigenvalue weighted by molar-refractivity contribution is -0.102. The molecule has 0 spiro atoms. The molecular formula is C18H34O6. The first-order chi connectivity index (χ1) is 11.5. The lowest BCUT2D eigenvalue weighted by Gasteiger charge is -2.23. The lowest BCUT2D eigenvalue weighted by atomic mass is 10.2. The molecule has 0 fully saturated rings. The zero-order chi connectivity index (χ0) is 18.2. The number of ether oxygens (including phenoxy) is 4. The first-order valence-electron chi connectivity index (χ1n) is 8.63. The normalized spacial score (nSPS) is 17.1. The van der Waals surface area contributed by atoms with Gasteiger partial charge in [-0.3, -0.25) is 0 Å². The third kappa shape index (κ3) is 13.4. The van der Waals surface area contributed by atoms with E-state index in [4.69, 9.17) is 18.9 Å². The van der Waals surface area contributed by atoms with Crippen LogP contribution in [0.25, 0.3) is 0 Å². The molecular weight excluding hydrogens is 312 g/mol. The topological polar surface area (TPSA) is 77.4 Å². The Bertz CT molecular complexity index is 299. The Morgan fingerprint density at radius 1 is 0.708 bits per heavy atom. The molecule has 0 aliphatic rings. The summed E-state index contributed by atoms with van der Waals surface area (Å²) in [7, 11) is 0. The van der Waals surface area contributed by atoms with Crippen LogP contribution in [0.5, 0.6) is 0 Å². The first kappa shape index (κ1) is 22.9. The molecule has 0 aliphatic heterocycles. The molecule has 0 heterocycles. The van der Waals surface area contributed by atoms with Crippen LogP contribution in [0.4, 0.5) is 0 Å². The Kier molecular flexibility index (Phi) is 14.8. The minimum Gasteiger partial charge on any atom is -0.499 e. The van der Waals surface area contributed by atoms with Crippen molar-refractivity contribution in [2.45, 2.75) is 65.0 Å². The van der Waals surface area contributed by atoms with E-state index >= 15 is 0 Å². The molecule has 4 atom stereocenters. The van der Waals surface area contributed by atoms with Gasteiger partial charge >= 0.3 is 0 Å². The molecule has 0 aromatic rings. The molecule has 2 N–H and O–H groups in total. The van der Waals surface area contributed by atoms with Crippen molar-refractivity contribution >= 4 is 0 Å². The van der Waals surface area contributed by atoms with Crippen LogP contribution >= 0.6 is 0 Å². The molecule has 0 aliphatic carbocycles. The van der Waals surface area contributed by atoms with Crippen molar-refractivity contribution in [3.05, 3.63) is 24.7 Å². The molecule has 4 unspecified atom stereocenters. The molecule has 142 valence electrons. The minimum atomic E-state index is -0.689. The lowest BCUT2D eigenvalue weighted by Crippen LogP contribution is -2.33. The van der Waals surface area contributed by atoms with Crippen LogP contribution in [0.1, 0.15) is 40.5 Å². The second-order valence-corrected chi connectivity index (χ2v) is 5.61. The van der Waals surface area contributed by atoms with Gasteiger partial charge in [-0.05, 0) is 26.7 Å². The van der Waals surface area contributed by atoms with Gasteiger partial charge in [0.15, 0.2) is 0 Å². The second-order valence-electron chi connectivity index (χ2n) is 5.61. The summed E-state index contributed by atoms with van der Waals surface area (Å²) in [4.78, 5) is 0. The highest BCUT2D eigenvalue weighted by Gasteiger charge is 2.17. The van der Waals surface area contributed by atoms with Gasteiger partial charge in [0.05, 0.1) is 37.9 Å². The maximum atomic E-state index is 9.75. The quantitative estimate of drug-likeness (QED) is 0.443. The number of aliphatic hydroxyl groups is 2. The SMILES string of the molecule is CCC=COCC(O)COC(C)C(C)OCC(O)COC=CCC. The van der Waals surface area contributed by atoms with Crippen molar-refractivity contribution in [1.29, 1.82) is 0 Å². The van der Waals surface area contributed by atoms with E-state index in [9.17, 15) is 10.2 Å². The molecule has 0 saturated carbocycles. The van der Waals surface area contributed by atoms with Gasteiger partial charge in [0.2, 0.25) is 0 Å². The highest BCUT2D eigenvalue weighted by Crippen LogP contribution is 2.05. The van der Waals surface area contributed by atoms with Gasteiger partial charge in [0, 0.05) is 0 Å². The summed E-state index contributed by atoms with van der Waals surface area (Å²) in [6.45, 7) is 8.47. The van der Waals surface area contributed by atoms with Gasteiger partial charge in [-0.1, -0.05) is 26.0 Å².